The van der Waals surface area contributed by atoms with Crippen molar-refractivity contribution in [2.24, 2.45) is 0 Å². The van der Waals surface area contributed by atoms with Gasteiger partial charge in [-0.05, 0) is 95.7 Å². The molecule has 46 heavy (non-hydrogen) atoms. The van der Waals surface area contributed by atoms with Crippen LogP contribution in [0.3, 0.4) is 0 Å². The molecule has 0 aliphatic heterocycles. The van der Waals surface area contributed by atoms with Crippen LogP contribution in [0.15, 0.2) is 89.0 Å². The highest BCUT2D eigenvalue weighted by atomic mass is 32.1. The average molecular weight is 666 g/mol. The lowest BCUT2D eigenvalue weighted by Gasteiger charge is -2.19. The summed E-state index contributed by atoms with van der Waals surface area (Å²) < 4.78 is 13.0. The maximum Gasteiger partial charge on any atom is 0.585 e. The second-order valence-corrected chi connectivity index (χ2v) is 13.9. The van der Waals surface area contributed by atoms with Crippen molar-refractivity contribution in [1.29, 1.82) is 0 Å². The Hall–Kier alpha value is -3.60. The third kappa shape index (κ3) is 5.44. The molecule has 0 spiro atoms. The fourth-order valence-electron chi connectivity index (χ4n) is 7.31. The molecule has 0 atom stereocenters. The minimum Gasteiger partial charge on any atom is -0.357 e. The van der Waals surface area contributed by atoms with E-state index in [-0.39, 0.29) is 0 Å². The first-order chi connectivity index (χ1) is 21.8. The molecule has 0 N–H and O–H groups in total. The average Bonchev–Trinajstić information content (AvgIpc) is 3.62. The van der Waals surface area contributed by atoms with Crippen LogP contribution < -0.4 is 13.4 Å². The SMILES string of the molecule is Cc1cc(C)c(-n2cc[n+]([B-]([n+]3ccn(-c4c(C)cc(C)cc4C)c3S)[n+]3ccn(-c4c(C)cc(C)cc4C)c3S)c2S)c(C)c1. The molecule has 3 aromatic carbocycles. The van der Waals surface area contributed by atoms with Gasteiger partial charge in [0.1, 0.15) is 35.7 Å². The first kappa shape index (κ1) is 32.3. The van der Waals surface area contributed by atoms with Crippen LogP contribution >= 0.6 is 37.9 Å². The van der Waals surface area contributed by atoms with Gasteiger partial charge in [-0.3, -0.25) is 0 Å². The van der Waals surface area contributed by atoms with E-state index in [0.29, 0.717) is 0 Å². The lowest BCUT2D eigenvalue weighted by atomic mass is 9.92. The lowest BCUT2D eigenvalue weighted by Crippen LogP contribution is -2.84. The first-order valence-corrected chi connectivity index (χ1v) is 16.8. The summed E-state index contributed by atoms with van der Waals surface area (Å²) in [7, 11) is -0.403. The first-order valence-electron chi connectivity index (χ1n) is 15.5. The lowest BCUT2D eigenvalue weighted by molar-refractivity contribution is -0.828. The molecule has 0 aliphatic rings. The van der Waals surface area contributed by atoms with E-state index in [0.717, 1.165) is 32.5 Å². The van der Waals surface area contributed by atoms with Crippen molar-refractivity contribution in [3.8, 4) is 17.1 Å². The van der Waals surface area contributed by atoms with Crippen molar-refractivity contribution < 1.29 is 13.4 Å². The third-order valence-corrected chi connectivity index (χ3v) is 10.2. The van der Waals surface area contributed by atoms with E-state index in [1.807, 2.05) is 0 Å². The summed E-state index contributed by atoms with van der Waals surface area (Å²) in [4.78, 5) is 0. The van der Waals surface area contributed by atoms with Gasteiger partial charge in [0.15, 0.2) is 0 Å². The Bertz CT molecular complexity index is 1840. The van der Waals surface area contributed by atoms with Gasteiger partial charge < -0.3 is 13.4 Å². The van der Waals surface area contributed by atoms with Crippen LogP contribution in [0, 0.1) is 62.3 Å². The second kappa shape index (κ2) is 12.2. The van der Waals surface area contributed by atoms with Crippen LogP contribution in [-0.4, -0.2) is 20.8 Å². The molecule has 3 aromatic heterocycles. The molecular weight excluding hydrogens is 623 g/mol. The Morgan fingerprint density at radius 2 is 0.630 bits per heavy atom. The minimum atomic E-state index is -0.403. The van der Waals surface area contributed by atoms with E-state index >= 15 is 0 Å². The fourth-order valence-corrected chi connectivity index (χ4v) is 8.32. The fraction of sp³-hybridized carbons (Fsp3) is 0.250. The maximum absolute atomic E-state index is 5.18. The van der Waals surface area contributed by atoms with Gasteiger partial charge >= 0.3 is 7.12 Å². The predicted octanol–water partition coefficient (Wildman–Crippen LogP) is 6.49. The number of imidazole rings is 3. The van der Waals surface area contributed by atoms with Crippen LogP contribution in [0.5, 0.6) is 0 Å². The van der Waals surface area contributed by atoms with Gasteiger partial charge in [0, 0.05) is 0 Å². The molecule has 0 fully saturated rings. The normalized spacial score (nSPS) is 11.7. The molecule has 235 valence electrons. The quantitative estimate of drug-likeness (QED) is 0.134. The molecule has 0 saturated heterocycles. The standard InChI is InChI=1S/C36H39BN6S3/c1-22-16-25(4)31(26(5)17-22)38-10-13-41(34(38)44)37(42-14-11-39(35(42)45)32-27(6)18-23(2)19-28(32)7)43-15-12-40(36(43)46)33-29(8)20-24(3)21-30(33)9/h10-21H,1-9H3/q-1/p+3. The molecule has 3 heterocycles. The summed E-state index contributed by atoms with van der Waals surface area (Å²) in [5, 5.41) is 2.35. The number of nitrogens with zero attached hydrogens (tertiary/aromatic N) is 6. The second-order valence-electron chi connectivity index (χ2n) is 12.7. The third-order valence-electron chi connectivity index (χ3n) is 8.84. The summed E-state index contributed by atoms with van der Waals surface area (Å²) >= 11 is 15.5. The van der Waals surface area contributed by atoms with Crippen LogP contribution in [0.4, 0.5) is 0 Å². The molecule has 0 unspecified atom stereocenters. The highest BCUT2D eigenvalue weighted by Crippen LogP contribution is 2.26. The summed E-state index contributed by atoms with van der Waals surface area (Å²) in [6, 6.07) is 13.3. The Morgan fingerprint density at radius 3 is 0.848 bits per heavy atom. The van der Waals surface area contributed by atoms with Crippen molar-refractivity contribution >= 4 is 45.0 Å². The zero-order valence-electron chi connectivity index (χ0n) is 28.0. The van der Waals surface area contributed by atoms with Crippen molar-refractivity contribution in [1.82, 2.24) is 13.7 Å². The van der Waals surface area contributed by atoms with Crippen LogP contribution in [-0.2, 0) is 0 Å². The number of aryl methyl sites for hydroxylation is 9. The van der Waals surface area contributed by atoms with E-state index in [4.69, 9.17) is 37.9 Å². The van der Waals surface area contributed by atoms with Gasteiger partial charge in [-0.15, -0.1) is 0 Å². The molecule has 1 radical (unpaired) electrons. The highest BCUT2D eigenvalue weighted by molar-refractivity contribution is 7.80. The van der Waals surface area contributed by atoms with E-state index < -0.39 is 7.12 Å². The Balaban J connectivity index is 1.59. The smallest absolute Gasteiger partial charge is 0.357 e. The minimum absolute atomic E-state index is 0.403. The van der Waals surface area contributed by atoms with Gasteiger partial charge in [-0.1, -0.05) is 91.0 Å². The van der Waals surface area contributed by atoms with Crippen LogP contribution in [0.1, 0.15) is 50.1 Å². The predicted molar refractivity (Wildman–Crippen MR) is 194 cm³/mol. The van der Waals surface area contributed by atoms with Gasteiger partial charge in [-0.25, -0.2) is 0 Å². The maximum atomic E-state index is 5.18. The summed E-state index contributed by atoms with van der Waals surface area (Å²) in [5.74, 6) is 0. The molecule has 0 aliphatic carbocycles. The number of aromatic nitrogens is 6. The number of rotatable bonds is 6. The molecule has 6 rings (SSSR count). The number of hydrogen-bond donors (Lipinski definition) is 3. The molecule has 0 bridgehead atoms. The van der Waals surface area contributed by atoms with Crippen molar-refractivity contribution in [2.45, 2.75) is 77.8 Å². The summed E-state index contributed by atoms with van der Waals surface area (Å²) in [5.41, 5.74) is 14.3. The van der Waals surface area contributed by atoms with Crippen molar-refractivity contribution in [3.05, 3.63) is 124 Å². The zero-order chi connectivity index (χ0) is 33.2. The van der Waals surface area contributed by atoms with Crippen LogP contribution in [0.2, 0.25) is 0 Å². The summed E-state index contributed by atoms with van der Waals surface area (Å²) in [6.07, 6.45) is 12.5. The summed E-state index contributed by atoms with van der Waals surface area (Å²) in [6.45, 7) is 19.4. The largest absolute Gasteiger partial charge is 0.585 e. The van der Waals surface area contributed by atoms with Crippen molar-refractivity contribution in [3.63, 3.8) is 0 Å². The van der Waals surface area contributed by atoms with Crippen molar-refractivity contribution in [2.75, 3.05) is 0 Å². The molecule has 6 nitrogen and oxygen atoms in total. The Morgan fingerprint density at radius 1 is 0.413 bits per heavy atom. The van der Waals surface area contributed by atoms with E-state index in [9.17, 15) is 0 Å². The Kier molecular flexibility index (Phi) is 8.59. The number of benzene rings is 3. The van der Waals surface area contributed by atoms with Gasteiger partial charge in [0.2, 0.25) is 0 Å². The number of thiol groups is 3. The molecule has 6 aromatic rings. The topological polar surface area (TPSA) is 26.4 Å². The Labute approximate surface area is 289 Å². The molecule has 10 heteroatoms. The van der Waals surface area contributed by atoms with E-state index in [2.05, 4.69) is 163 Å². The highest BCUT2D eigenvalue weighted by Gasteiger charge is 2.37. The molecule has 0 saturated carbocycles. The van der Waals surface area contributed by atoms with Gasteiger partial charge in [0.05, 0.1) is 18.6 Å². The zero-order valence-corrected chi connectivity index (χ0v) is 30.7. The van der Waals surface area contributed by atoms with Crippen LogP contribution in [0.25, 0.3) is 17.1 Å². The van der Waals surface area contributed by atoms with E-state index in [1.165, 1.54) is 50.1 Å². The monoisotopic (exact) mass is 665 g/mol. The molecular formula is C36H42BN6S3+2. The number of hydrogen-bond acceptors (Lipinski definition) is 3. The van der Waals surface area contributed by atoms with E-state index in [1.54, 1.807) is 0 Å². The van der Waals surface area contributed by atoms with Gasteiger partial charge in [-0.2, -0.15) is 13.7 Å². The van der Waals surface area contributed by atoms with Gasteiger partial charge in [0.25, 0.3) is 15.5 Å². The molecule has 0 amide bonds.